The van der Waals surface area contributed by atoms with Crippen molar-refractivity contribution in [2.45, 2.75) is 18.0 Å². The molecule has 208 valence electrons. The van der Waals surface area contributed by atoms with Gasteiger partial charge in [0.05, 0.1) is 20.3 Å². The van der Waals surface area contributed by atoms with Crippen molar-refractivity contribution >= 4 is 40.7 Å². The Morgan fingerprint density at radius 1 is 0.810 bits per heavy atom. The van der Waals surface area contributed by atoms with Crippen LogP contribution in [0.25, 0.3) is 6.08 Å². The molecular formula is C35H26ClNO5. The SMILES string of the molecule is COc1cccc([C@@H]2[C@@H](C(=O)c3ccc(Cl)cc3)N3c4ccccc4C=C[C@H]3C23C(=O)c2ccccc2C3=O)c1OC. The van der Waals surface area contributed by atoms with E-state index in [1.807, 2.05) is 47.4 Å². The zero-order valence-corrected chi connectivity index (χ0v) is 23.7. The molecule has 0 N–H and O–H groups in total. The van der Waals surface area contributed by atoms with E-state index in [-0.39, 0.29) is 17.3 Å². The number of para-hydroxylation sites is 2. The molecule has 0 saturated carbocycles. The third kappa shape index (κ3) is 3.42. The van der Waals surface area contributed by atoms with Gasteiger partial charge in [0.25, 0.3) is 0 Å². The van der Waals surface area contributed by atoms with Crippen LogP contribution < -0.4 is 14.4 Å². The molecule has 2 aliphatic heterocycles. The van der Waals surface area contributed by atoms with Crippen molar-refractivity contribution in [3.8, 4) is 11.5 Å². The average Bonchev–Trinajstić information content (AvgIpc) is 3.46. The summed E-state index contributed by atoms with van der Waals surface area (Å²) in [5.74, 6) is -0.929. The molecule has 3 aliphatic rings. The van der Waals surface area contributed by atoms with Gasteiger partial charge in [0.15, 0.2) is 28.8 Å². The van der Waals surface area contributed by atoms with E-state index in [1.165, 1.54) is 14.2 Å². The Balaban J connectivity index is 1.58. The van der Waals surface area contributed by atoms with E-state index < -0.39 is 23.4 Å². The molecule has 1 aliphatic carbocycles. The first kappa shape index (κ1) is 26.2. The molecule has 1 spiro atoms. The van der Waals surface area contributed by atoms with Gasteiger partial charge in [-0.1, -0.05) is 78.4 Å². The quantitative estimate of drug-likeness (QED) is 0.195. The van der Waals surface area contributed by atoms with Crippen molar-refractivity contribution in [3.05, 3.63) is 130 Å². The molecule has 0 unspecified atom stereocenters. The lowest BCUT2D eigenvalue weighted by molar-refractivity contribution is 0.0664. The maximum absolute atomic E-state index is 14.8. The number of carbonyl (C=O) groups excluding carboxylic acids is 3. The van der Waals surface area contributed by atoms with Crippen LogP contribution in [0.5, 0.6) is 11.5 Å². The highest BCUT2D eigenvalue weighted by Crippen LogP contribution is 2.62. The fourth-order valence-corrected chi connectivity index (χ4v) is 7.33. The fourth-order valence-electron chi connectivity index (χ4n) is 7.20. The third-order valence-corrected chi connectivity index (χ3v) is 9.13. The molecule has 2 heterocycles. The number of benzene rings is 4. The number of hydrogen-bond donors (Lipinski definition) is 0. The molecule has 1 saturated heterocycles. The maximum atomic E-state index is 14.8. The molecule has 0 radical (unpaired) electrons. The van der Waals surface area contributed by atoms with Crippen molar-refractivity contribution in [2.24, 2.45) is 5.41 Å². The molecule has 7 heteroatoms. The minimum absolute atomic E-state index is 0.231. The van der Waals surface area contributed by atoms with Gasteiger partial charge in [-0.3, -0.25) is 14.4 Å². The Labute approximate surface area is 248 Å². The number of nitrogens with zero attached hydrogens (tertiary/aromatic N) is 1. The Morgan fingerprint density at radius 2 is 1.48 bits per heavy atom. The molecule has 0 amide bonds. The third-order valence-electron chi connectivity index (χ3n) is 8.88. The van der Waals surface area contributed by atoms with Gasteiger partial charge in [0.2, 0.25) is 0 Å². The number of fused-ring (bicyclic) bond motifs is 5. The number of Topliss-reactive ketones (excluding diaryl/α,β-unsaturated/α-hetero) is 3. The fraction of sp³-hybridized carbons (Fsp3) is 0.171. The number of ether oxygens (including phenoxy) is 2. The Morgan fingerprint density at radius 3 is 2.14 bits per heavy atom. The van der Waals surface area contributed by atoms with Crippen LogP contribution in [0.2, 0.25) is 5.02 Å². The molecule has 4 aromatic rings. The van der Waals surface area contributed by atoms with Gasteiger partial charge >= 0.3 is 0 Å². The molecule has 42 heavy (non-hydrogen) atoms. The molecule has 7 rings (SSSR count). The number of rotatable bonds is 5. The van der Waals surface area contributed by atoms with Gasteiger partial charge in [-0.15, -0.1) is 0 Å². The monoisotopic (exact) mass is 575 g/mol. The Hall–Kier alpha value is -4.68. The van der Waals surface area contributed by atoms with Crippen molar-refractivity contribution in [1.29, 1.82) is 0 Å². The van der Waals surface area contributed by atoms with Crippen molar-refractivity contribution < 1.29 is 23.9 Å². The van der Waals surface area contributed by atoms with Crippen LogP contribution in [0.4, 0.5) is 5.69 Å². The van der Waals surface area contributed by atoms with E-state index in [0.717, 1.165) is 11.3 Å². The molecule has 0 aromatic heterocycles. The van der Waals surface area contributed by atoms with Crippen LogP contribution in [0.1, 0.15) is 48.1 Å². The van der Waals surface area contributed by atoms with Gasteiger partial charge in [0.1, 0.15) is 11.5 Å². The molecule has 1 fully saturated rings. The van der Waals surface area contributed by atoms with Crippen molar-refractivity contribution in [3.63, 3.8) is 0 Å². The number of carbonyl (C=O) groups is 3. The largest absolute Gasteiger partial charge is 0.493 e. The predicted molar refractivity (Wildman–Crippen MR) is 161 cm³/mol. The number of anilines is 1. The minimum atomic E-state index is -1.64. The van der Waals surface area contributed by atoms with Gasteiger partial charge in [-0.2, -0.15) is 0 Å². The van der Waals surface area contributed by atoms with E-state index in [0.29, 0.717) is 38.8 Å². The number of hydrogen-bond acceptors (Lipinski definition) is 6. The number of halogens is 1. The zero-order valence-electron chi connectivity index (χ0n) is 22.9. The van der Waals surface area contributed by atoms with Gasteiger partial charge in [-0.05, 0) is 42.0 Å². The lowest BCUT2D eigenvalue weighted by Crippen LogP contribution is -2.48. The molecule has 6 nitrogen and oxygen atoms in total. The van der Waals surface area contributed by atoms with Crippen LogP contribution in [0.3, 0.4) is 0 Å². The number of ketones is 3. The van der Waals surface area contributed by atoms with Crippen LogP contribution in [0, 0.1) is 5.41 Å². The molecule has 3 atom stereocenters. The second-order valence-corrected chi connectivity index (χ2v) is 11.2. The Kier molecular flexibility index (Phi) is 6.06. The Bertz CT molecular complexity index is 1780. The highest BCUT2D eigenvalue weighted by Gasteiger charge is 2.72. The van der Waals surface area contributed by atoms with E-state index in [9.17, 15) is 14.4 Å². The molecule has 0 bridgehead atoms. The van der Waals surface area contributed by atoms with Crippen LogP contribution >= 0.6 is 11.6 Å². The van der Waals surface area contributed by atoms with Gasteiger partial charge in [-0.25, -0.2) is 0 Å². The van der Waals surface area contributed by atoms with Crippen molar-refractivity contribution in [2.75, 3.05) is 19.1 Å². The lowest BCUT2D eigenvalue weighted by atomic mass is 9.64. The average molecular weight is 576 g/mol. The second kappa shape index (κ2) is 9.71. The van der Waals surface area contributed by atoms with Gasteiger partial charge < -0.3 is 14.4 Å². The summed E-state index contributed by atoms with van der Waals surface area (Å²) in [5.41, 5.74) is 1.74. The standard InChI is InChI=1S/C35H26ClNO5/c1-41-27-13-7-11-25(32(27)42-2)29-30(31(38)21-14-17-22(36)18-15-21)37-26-12-6-3-8-20(26)16-19-28(37)35(29)33(39)23-9-4-5-10-24(23)34(35)40/h3-19,28-30H,1-2H3/t28-,29+,30-/m0/s1. The topological polar surface area (TPSA) is 72.9 Å². The maximum Gasteiger partial charge on any atom is 0.185 e. The van der Waals surface area contributed by atoms with Gasteiger partial charge in [0, 0.05) is 38.9 Å². The molecule has 4 aromatic carbocycles. The highest BCUT2D eigenvalue weighted by molar-refractivity contribution is 6.32. The first-order valence-corrected chi connectivity index (χ1v) is 14.1. The lowest BCUT2D eigenvalue weighted by Gasteiger charge is -2.37. The van der Waals surface area contributed by atoms with E-state index in [2.05, 4.69) is 0 Å². The van der Waals surface area contributed by atoms with E-state index >= 15 is 0 Å². The predicted octanol–water partition coefficient (Wildman–Crippen LogP) is 6.67. The van der Waals surface area contributed by atoms with Crippen LogP contribution in [-0.4, -0.2) is 43.7 Å². The first-order chi connectivity index (χ1) is 20.4. The van der Waals surface area contributed by atoms with Crippen molar-refractivity contribution in [1.82, 2.24) is 0 Å². The van der Waals surface area contributed by atoms with E-state index in [1.54, 1.807) is 60.7 Å². The summed E-state index contributed by atoms with van der Waals surface area (Å²) in [6, 6.07) is 25.1. The van der Waals surface area contributed by atoms with E-state index in [4.69, 9.17) is 21.1 Å². The summed E-state index contributed by atoms with van der Waals surface area (Å²) in [4.78, 5) is 46.4. The first-order valence-electron chi connectivity index (χ1n) is 13.7. The summed E-state index contributed by atoms with van der Waals surface area (Å²) < 4.78 is 11.5. The second-order valence-electron chi connectivity index (χ2n) is 10.7. The van der Waals surface area contributed by atoms with Crippen LogP contribution in [0.15, 0.2) is 97.1 Å². The normalized spacial score (nSPS) is 21.2. The summed E-state index contributed by atoms with van der Waals surface area (Å²) >= 11 is 6.19. The highest BCUT2D eigenvalue weighted by atomic mass is 35.5. The molecular weight excluding hydrogens is 550 g/mol. The smallest absolute Gasteiger partial charge is 0.185 e. The summed E-state index contributed by atoms with van der Waals surface area (Å²) in [7, 11) is 3.06. The summed E-state index contributed by atoms with van der Waals surface area (Å²) in [6.07, 6.45) is 3.84. The summed E-state index contributed by atoms with van der Waals surface area (Å²) in [6.45, 7) is 0. The summed E-state index contributed by atoms with van der Waals surface area (Å²) in [5, 5.41) is 0.501. The zero-order chi connectivity index (χ0) is 29.2. The minimum Gasteiger partial charge on any atom is -0.493 e. The number of methoxy groups -OCH3 is 2. The van der Waals surface area contributed by atoms with Crippen LogP contribution in [-0.2, 0) is 0 Å².